The summed E-state index contributed by atoms with van der Waals surface area (Å²) in [5.41, 5.74) is 12.2. The van der Waals surface area contributed by atoms with E-state index < -0.39 is 11.9 Å². The number of hydrogen-bond acceptors (Lipinski definition) is 5. The molecule has 1 amide bonds. The second-order valence-electron chi connectivity index (χ2n) is 7.82. The van der Waals surface area contributed by atoms with Crippen LogP contribution in [-0.2, 0) is 11.2 Å². The van der Waals surface area contributed by atoms with Crippen LogP contribution in [0.5, 0.6) is 0 Å². The van der Waals surface area contributed by atoms with E-state index in [2.05, 4.69) is 60.2 Å². The number of nitrogens with two attached hydrogens (primary N) is 1. The van der Waals surface area contributed by atoms with Gasteiger partial charge in [0.2, 0.25) is 0 Å². The standard InChI is InChI=1S/C25H32N4O2S.3C2H6/c1-5-8-20(21-12-10-19(11-13-21)16-22(26)24(30)29-31)9-6-7-14-32-25-27-18(4)23(28-25)15-17(2)3;3*1-2/h6,8-13,15,22H,5,7,14,16,26H2,1-4H3,(H,27,28);3*1-2H3/b9-6-,20-8+;;;. The number of imidazole rings is 1. The number of carbonyl (C=O) groups is 1. The predicted molar refractivity (Wildman–Crippen MR) is 168 cm³/mol. The number of rotatable bonds is 11. The van der Waals surface area contributed by atoms with Gasteiger partial charge in [-0.1, -0.05) is 108 Å². The third-order valence-corrected chi connectivity index (χ3v) is 5.63. The molecule has 2 rings (SSSR count). The third-order valence-electron chi connectivity index (χ3n) is 4.72. The number of H-pyrrole nitrogens is 1. The highest BCUT2D eigenvalue weighted by atomic mass is 32.2. The lowest BCUT2D eigenvalue weighted by Crippen LogP contribution is -2.31. The molecule has 0 bridgehead atoms. The lowest BCUT2D eigenvalue weighted by atomic mass is 9.99. The maximum Gasteiger partial charge on any atom is 0.303 e. The van der Waals surface area contributed by atoms with Crippen LogP contribution in [-0.4, -0.2) is 27.7 Å². The summed E-state index contributed by atoms with van der Waals surface area (Å²) in [5.74, 6) is 0.117. The molecule has 0 saturated heterocycles. The van der Waals surface area contributed by atoms with Crippen LogP contribution >= 0.6 is 11.8 Å². The van der Waals surface area contributed by atoms with Gasteiger partial charge in [-0.3, -0.25) is 4.79 Å². The molecule has 2 aromatic rings. The summed E-state index contributed by atoms with van der Waals surface area (Å²) in [4.78, 5) is 29.6. The van der Waals surface area contributed by atoms with Crippen LogP contribution in [0.4, 0.5) is 0 Å². The van der Waals surface area contributed by atoms with Crippen LogP contribution in [0.25, 0.3) is 11.6 Å². The Hall–Kier alpha value is -2.77. The maximum atomic E-state index is 11.3. The molecule has 0 radical (unpaired) electrons. The van der Waals surface area contributed by atoms with Crippen molar-refractivity contribution in [3.05, 3.63) is 75.5 Å². The fourth-order valence-corrected chi connectivity index (χ4v) is 3.94. The van der Waals surface area contributed by atoms with Gasteiger partial charge in [-0.2, -0.15) is 0 Å². The van der Waals surface area contributed by atoms with E-state index in [1.54, 1.807) is 11.8 Å². The van der Waals surface area contributed by atoms with E-state index in [4.69, 9.17) is 5.73 Å². The zero-order valence-corrected chi connectivity index (χ0v) is 26.0. The molecule has 0 saturated carbocycles. The van der Waals surface area contributed by atoms with Gasteiger partial charge >= 0.3 is 5.91 Å². The van der Waals surface area contributed by atoms with Crippen molar-refractivity contribution in [2.45, 2.75) is 99.7 Å². The van der Waals surface area contributed by atoms with E-state index in [-0.39, 0.29) is 0 Å². The van der Waals surface area contributed by atoms with Gasteiger partial charge in [0.1, 0.15) is 0 Å². The van der Waals surface area contributed by atoms with Crippen molar-refractivity contribution >= 4 is 29.3 Å². The number of aromatic amines is 1. The average molecular weight is 543 g/mol. The molecule has 0 fully saturated rings. The molecule has 1 unspecified atom stereocenters. The first-order valence-electron chi connectivity index (χ1n) is 13.8. The molecule has 1 heterocycles. The number of aromatic nitrogens is 2. The van der Waals surface area contributed by atoms with Crippen LogP contribution in [0.1, 0.15) is 97.7 Å². The lowest BCUT2D eigenvalue weighted by molar-refractivity contribution is -0.119. The number of thioether (sulfide) groups is 1. The van der Waals surface area contributed by atoms with Crippen LogP contribution in [0.15, 0.2) is 58.4 Å². The van der Waals surface area contributed by atoms with E-state index in [1.165, 1.54) is 5.57 Å². The van der Waals surface area contributed by atoms with Gasteiger partial charge in [0.25, 0.3) is 0 Å². The van der Waals surface area contributed by atoms with E-state index in [0.717, 1.165) is 51.8 Å². The van der Waals surface area contributed by atoms with Crippen LogP contribution in [0.2, 0.25) is 0 Å². The minimum absolute atomic E-state index is 0.298. The average Bonchev–Trinajstić information content (AvgIpc) is 3.29. The topological polar surface area (TPSA) is 101 Å². The van der Waals surface area contributed by atoms with E-state index in [9.17, 15) is 9.70 Å². The minimum atomic E-state index is -0.891. The van der Waals surface area contributed by atoms with E-state index in [1.807, 2.05) is 72.7 Å². The van der Waals surface area contributed by atoms with Gasteiger partial charge in [-0.25, -0.2) is 4.98 Å². The van der Waals surface area contributed by atoms with Gasteiger partial charge in [-0.15, -0.1) is 4.91 Å². The summed E-state index contributed by atoms with van der Waals surface area (Å²) in [7, 11) is 0. The largest absolute Gasteiger partial charge is 0.337 e. The van der Waals surface area contributed by atoms with Crippen LogP contribution in [0, 0.1) is 11.8 Å². The Labute approximate surface area is 235 Å². The summed E-state index contributed by atoms with van der Waals surface area (Å²) in [6.07, 6.45) is 10.8. The van der Waals surface area contributed by atoms with Crippen molar-refractivity contribution in [2.75, 3.05) is 5.75 Å². The van der Waals surface area contributed by atoms with E-state index in [0.29, 0.717) is 6.42 Å². The highest BCUT2D eigenvalue weighted by Crippen LogP contribution is 2.21. The first-order chi connectivity index (χ1) is 18.3. The fourth-order valence-electron chi connectivity index (χ4n) is 3.11. The molecular weight excluding hydrogens is 492 g/mol. The molecule has 7 heteroatoms. The quantitative estimate of drug-likeness (QED) is 0.128. The molecular formula is C31H50N4O2S. The van der Waals surface area contributed by atoms with Crippen molar-refractivity contribution in [2.24, 2.45) is 10.9 Å². The first-order valence-corrected chi connectivity index (χ1v) is 14.8. The van der Waals surface area contributed by atoms with Gasteiger partial charge in [0.05, 0.1) is 11.7 Å². The summed E-state index contributed by atoms with van der Waals surface area (Å²) >= 11 is 1.72. The summed E-state index contributed by atoms with van der Waals surface area (Å²) in [6.45, 7) is 20.3. The molecule has 6 nitrogen and oxygen atoms in total. The van der Waals surface area contributed by atoms with Crippen molar-refractivity contribution in [1.29, 1.82) is 0 Å². The second kappa shape index (κ2) is 23.4. The number of amides is 1. The van der Waals surface area contributed by atoms with Crippen molar-refractivity contribution in [1.82, 2.24) is 9.97 Å². The molecule has 0 spiro atoms. The Balaban J connectivity index is 0. The van der Waals surface area contributed by atoms with Crippen LogP contribution < -0.4 is 5.73 Å². The number of hydrogen-bond donors (Lipinski definition) is 2. The highest BCUT2D eigenvalue weighted by Gasteiger charge is 2.14. The zero-order valence-electron chi connectivity index (χ0n) is 25.2. The first kappa shape index (κ1) is 37.4. The predicted octanol–water partition coefficient (Wildman–Crippen LogP) is 8.91. The Morgan fingerprint density at radius 3 is 2.24 bits per heavy atom. The van der Waals surface area contributed by atoms with Gasteiger partial charge in [0, 0.05) is 16.6 Å². The summed E-state index contributed by atoms with van der Waals surface area (Å²) in [5, 5.41) is 3.35. The molecule has 38 heavy (non-hydrogen) atoms. The molecule has 0 aliphatic rings. The SMILES string of the molecule is CC.CC.CC.CC/C=C(\C=C/CCSc1nc(C=C(C)C)c(C)[nH]1)c1ccc(CC(N)C(=O)N=O)cc1. The van der Waals surface area contributed by atoms with Gasteiger partial charge in [0.15, 0.2) is 5.16 Å². The van der Waals surface area contributed by atoms with Gasteiger partial charge in [-0.05, 0) is 62.8 Å². The monoisotopic (exact) mass is 542 g/mol. The van der Waals surface area contributed by atoms with Crippen molar-refractivity contribution < 1.29 is 4.79 Å². The summed E-state index contributed by atoms with van der Waals surface area (Å²) < 4.78 is 0. The number of aryl methyl sites for hydroxylation is 1. The number of nitroso groups, excluding NO2 is 1. The second-order valence-corrected chi connectivity index (χ2v) is 8.90. The molecule has 0 aliphatic heterocycles. The number of nitrogens with one attached hydrogen (secondary N) is 1. The lowest BCUT2D eigenvalue weighted by Gasteiger charge is -2.08. The summed E-state index contributed by atoms with van der Waals surface area (Å²) in [6, 6.07) is 7.00. The Morgan fingerprint density at radius 2 is 1.71 bits per heavy atom. The molecule has 1 aromatic heterocycles. The third kappa shape index (κ3) is 14.8. The Kier molecular flexibility index (Phi) is 23.0. The number of carbonyl (C=O) groups excluding carboxylic acids is 1. The van der Waals surface area contributed by atoms with Crippen LogP contribution in [0.3, 0.4) is 0 Å². The number of nitrogens with zero attached hydrogens (tertiary/aromatic N) is 2. The van der Waals surface area contributed by atoms with E-state index >= 15 is 0 Å². The van der Waals surface area contributed by atoms with Crippen molar-refractivity contribution in [3.8, 4) is 0 Å². The molecule has 3 N–H and O–H groups in total. The molecule has 1 atom stereocenters. The molecule has 212 valence electrons. The minimum Gasteiger partial charge on any atom is -0.337 e. The fraction of sp³-hybridized carbons (Fsp3) is 0.484. The Bertz CT molecular complexity index is 1000. The zero-order chi connectivity index (χ0) is 29.5. The normalized spacial score (nSPS) is 11.2. The number of allylic oxidation sites excluding steroid dienone is 5. The van der Waals surface area contributed by atoms with Crippen molar-refractivity contribution in [3.63, 3.8) is 0 Å². The molecule has 1 aromatic carbocycles. The maximum absolute atomic E-state index is 11.3. The van der Waals surface area contributed by atoms with Gasteiger partial charge < -0.3 is 10.7 Å². The highest BCUT2D eigenvalue weighted by molar-refractivity contribution is 7.99. The molecule has 0 aliphatic carbocycles. The Morgan fingerprint density at radius 1 is 1.11 bits per heavy atom. The number of benzene rings is 1. The smallest absolute Gasteiger partial charge is 0.303 e.